The molecular formula is C12H20N4O. The SMILES string of the molecule is CCc1nc(N2CCNCC2CC)cc(=O)[nH]1. The van der Waals surface area contributed by atoms with Gasteiger partial charge >= 0.3 is 0 Å². The first-order valence-corrected chi connectivity index (χ1v) is 6.32. The molecule has 0 amide bonds. The molecule has 5 heteroatoms. The van der Waals surface area contributed by atoms with Crippen LogP contribution in [0.15, 0.2) is 10.9 Å². The Kier molecular flexibility index (Phi) is 3.78. The number of nitrogens with one attached hydrogen (secondary N) is 2. The highest BCUT2D eigenvalue weighted by molar-refractivity contribution is 5.39. The van der Waals surface area contributed by atoms with E-state index in [2.05, 4.69) is 27.1 Å². The summed E-state index contributed by atoms with van der Waals surface area (Å²) < 4.78 is 0. The zero-order valence-electron chi connectivity index (χ0n) is 10.5. The van der Waals surface area contributed by atoms with Crippen LogP contribution in [-0.2, 0) is 6.42 Å². The van der Waals surface area contributed by atoms with Crippen molar-refractivity contribution in [1.82, 2.24) is 15.3 Å². The van der Waals surface area contributed by atoms with Crippen molar-refractivity contribution in [2.45, 2.75) is 32.7 Å². The van der Waals surface area contributed by atoms with Gasteiger partial charge < -0.3 is 15.2 Å². The number of H-pyrrole nitrogens is 1. The molecule has 1 aromatic rings. The van der Waals surface area contributed by atoms with Crippen LogP contribution < -0.4 is 15.8 Å². The lowest BCUT2D eigenvalue weighted by molar-refractivity contribution is 0.462. The Morgan fingerprint density at radius 2 is 2.35 bits per heavy atom. The minimum Gasteiger partial charge on any atom is -0.351 e. The van der Waals surface area contributed by atoms with Crippen LogP contribution in [0.1, 0.15) is 26.1 Å². The molecule has 17 heavy (non-hydrogen) atoms. The minimum absolute atomic E-state index is 0.0553. The zero-order valence-corrected chi connectivity index (χ0v) is 10.5. The van der Waals surface area contributed by atoms with Crippen LogP contribution in [-0.4, -0.2) is 35.6 Å². The number of aromatic nitrogens is 2. The van der Waals surface area contributed by atoms with Gasteiger partial charge in [0.05, 0.1) is 0 Å². The normalized spacial score (nSPS) is 20.6. The van der Waals surface area contributed by atoms with Crippen molar-refractivity contribution < 1.29 is 0 Å². The quantitative estimate of drug-likeness (QED) is 0.803. The third-order valence-electron chi connectivity index (χ3n) is 3.23. The first-order chi connectivity index (χ1) is 8.24. The lowest BCUT2D eigenvalue weighted by atomic mass is 10.1. The Balaban J connectivity index is 2.31. The summed E-state index contributed by atoms with van der Waals surface area (Å²) in [4.78, 5) is 21.1. The van der Waals surface area contributed by atoms with Crippen molar-refractivity contribution in [3.63, 3.8) is 0 Å². The molecule has 0 aliphatic carbocycles. The number of hydrogen-bond acceptors (Lipinski definition) is 4. The molecular weight excluding hydrogens is 216 g/mol. The summed E-state index contributed by atoms with van der Waals surface area (Å²) in [5.41, 5.74) is -0.0553. The number of hydrogen-bond donors (Lipinski definition) is 2. The van der Waals surface area contributed by atoms with Crippen LogP contribution in [0.2, 0.25) is 0 Å². The molecule has 1 fully saturated rings. The summed E-state index contributed by atoms with van der Waals surface area (Å²) in [5, 5.41) is 3.37. The molecule has 1 aromatic heterocycles. The standard InChI is InChI=1S/C12H20N4O/c1-3-9-8-13-5-6-16(9)11-7-12(17)15-10(4-2)14-11/h7,9,13H,3-6,8H2,1-2H3,(H,14,15,17). The van der Waals surface area contributed by atoms with Crippen molar-refractivity contribution in [2.75, 3.05) is 24.5 Å². The van der Waals surface area contributed by atoms with Crippen LogP contribution >= 0.6 is 0 Å². The molecule has 1 unspecified atom stereocenters. The molecule has 5 nitrogen and oxygen atoms in total. The van der Waals surface area contributed by atoms with Crippen LogP contribution in [0.5, 0.6) is 0 Å². The fraction of sp³-hybridized carbons (Fsp3) is 0.667. The van der Waals surface area contributed by atoms with Crippen molar-refractivity contribution >= 4 is 5.82 Å². The monoisotopic (exact) mass is 236 g/mol. The largest absolute Gasteiger partial charge is 0.351 e. The van der Waals surface area contributed by atoms with Gasteiger partial charge in [-0.3, -0.25) is 4.79 Å². The molecule has 1 saturated heterocycles. The van der Waals surface area contributed by atoms with E-state index in [9.17, 15) is 4.79 Å². The Hall–Kier alpha value is -1.36. The van der Waals surface area contributed by atoms with Gasteiger partial charge in [0.2, 0.25) is 0 Å². The molecule has 1 aliphatic rings. The van der Waals surface area contributed by atoms with Crippen LogP contribution in [0.25, 0.3) is 0 Å². The van der Waals surface area contributed by atoms with E-state index < -0.39 is 0 Å². The van der Waals surface area contributed by atoms with E-state index in [1.807, 2.05) is 6.92 Å². The molecule has 0 radical (unpaired) electrons. The van der Waals surface area contributed by atoms with E-state index in [0.29, 0.717) is 6.04 Å². The maximum Gasteiger partial charge on any atom is 0.252 e. The summed E-state index contributed by atoms with van der Waals surface area (Å²) in [5.74, 6) is 1.58. The van der Waals surface area contributed by atoms with E-state index >= 15 is 0 Å². The summed E-state index contributed by atoms with van der Waals surface area (Å²) in [6.45, 7) is 6.99. The third-order valence-corrected chi connectivity index (χ3v) is 3.23. The summed E-state index contributed by atoms with van der Waals surface area (Å²) in [6.07, 6.45) is 1.81. The van der Waals surface area contributed by atoms with Gasteiger partial charge in [0, 0.05) is 38.2 Å². The van der Waals surface area contributed by atoms with E-state index in [0.717, 1.165) is 44.1 Å². The Bertz CT molecular complexity index is 429. The maximum absolute atomic E-state index is 11.6. The first-order valence-electron chi connectivity index (χ1n) is 6.32. The average Bonchev–Trinajstić information content (AvgIpc) is 2.37. The van der Waals surface area contributed by atoms with Gasteiger partial charge in [0.15, 0.2) is 0 Å². The molecule has 2 N–H and O–H groups in total. The summed E-state index contributed by atoms with van der Waals surface area (Å²) in [6, 6.07) is 2.04. The van der Waals surface area contributed by atoms with Gasteiger partial charge in [-0.25, -0.2) is 4.98 Å². The summed E-state index contributed by atoms with van der Waals surface area (Å²) >= 11 is 0. The van der Waals surface area contributed by atoms with Crippen molar-refractivity contribution in [3.8, 4) is 0 Å². The summed E-state index contributed by atoms with van der Waals surface area (Å²) in [7, 11) is 0. The van der Waals surface area contributed by atoms with Gasteiger partial charge in [-0.2, -0.15) is 0 Å². The number of rotatable bonds is 3. The van der Waals surface area contributed by atoms with E-state index in [1.54, 1.807) is 6.07 Å². The van der Waals surface area contributed by atoms with E-state index in [4.69, 9.17) is 0 Å². The minimum atomic E-state index is -0.0553. The number of anilines is 1. The molecule has 2 heterocycles. The molecule has 0 aromatic carbocycles. The third kappa shape index (κ3) is 2.66. The molecule has 0 spiro atoms. The molecule has 1 atom stereocenters. The number of aryl methyl sites for hydroxylation is 1. The van der Waals surface area contributed by atoms with Gasteiger partial charge in [-0.05, 0) is 6.42 Å². The van der Waals surface area contributed by atoms with Crippen molar-refractivity contribution in [1.29, 1.82) is 0 Å². The van der Waals surface area contributed by atoms with Crippen molar-refractivity contribution in [2.24, 2.45) is 0 Å². The second-order valence-corrected chi connectivity index (χ2v) is 4.36. The van der Waals surface area contributed by atoms with Gasteiger partial charge in [-0.1, -0.05) is 13.8 Å². The van der Waals surface area contributed by atoms with Gasteiger partial charge in [0.1, 0.15) is 11.6 Å². The topological polar surface area (TPSA) is 61.0 Å². The number of piperazine rings is 1. The predicted molar refractivity (Wildman–Crippen MR) is 68.5 cm³/mol. The first kappa shape index (κ1) is 12.1. The number of aromatic amines is 1. The van der Waals surface area contributed by atoms with E-state index in [-0.39, 0.29) is 5.56 Å². The fourth-order valence-corrected chi connectivity index (χ4v) is 2.24. The smallest absolute Gasteiger partial charge is 0.252 e. The molecule has 0 saturated carbocycles. The highest BCUT2D eigenvalue weighted by Gasteiger charge is 2.22. The molecule has 0 bridgehead atoms. The highest BCUT2D eigenvalue weighted by atomic mass is 16.1. The lowest BCUT2D eigenvalue weighted by Crippen LogP contribution is -2.51. The average molecular weight is 236 g/mol. The number of nitrogens with zero attached hydrogens (tertiary/aromatic N) is 2. The maximum atomic E-state index is 11.6. The van der Waals surface area contributed by atoms with Gasteiger partial charge in [-0.15, -0.1) is 0 Å². The molecule has 94 valence electrons. The van der Waals surface area contributed by atoms with Gasteiger partial charge in [0.25, 0.3) is 5.56 Å². The Labute approximate surface area is 101 Å². The second kappa shape index (κ2) is 5.31. The zero-order chi connectivity index (χ0) is 12.3. The van der Waals surface area contributed by atoms with Crippen LogP contribution in [0.4, 0.5) is 5.82 Å². The second-order valence-electron chi connectivity index (χ2n) is 4.36. The van der Waals surface area contributed by atoms with Crippen molar-refractivity contribution in [3.05, 3.63) is 22.2 Å². The molecule has 1 aliphatic heterocycles. The van der Waals surface area contributed by atoms with Crippen LogP contribution in [0, 0.1) is 0 Å². The Morgan fingerprint density at radius 1 is 1.53 bits per heavy atom. The lowest BCUT2D eigenvalue weighted by Gasteiger charge is -2.36. The van der Waals surface area contributed by atoms with E-state index in [1.165, 1.54) is 0 Å². The molecule has 2 rings (SSSR count). The fourth-order valence-electron chi connectivity index (χ4n) is 2.24. The van der Waals surface area contributed by atoms with Crippen LogP contribution in [0.3, 0.4) is 0 Å². The predicted octanol–water partition coefficient (Wildman–Crippen LogP) is 0.520. The Morgan fingerprint density at radius 3 is 3.06 bits per heavy atom. The highest BCUT2D eigenvalue weighted by Crippen LogP contribution is 2.15.